The van der Waals surface area contributed by atoms with Gasteiger partial charge in [-0.05, 0) is 30.7 Å². The standard InChI is InChI=1S/C13H11Cl2NO2/c1-8-2-3-10(15)12(6-8)18-13-5-4-9(14)11(7-17)16-13/h2-6,17H,7H2,1H3. The average molecular weight is 284 g/mol. The van der Waals surface area contributed by atoms with Crippen LogP contribution in [0, 0.1) is 6.92 Å². The Bertz CT molecular complexity index is 573. The second kappa shape index (κ2) is 5.57. The van der Waals surface area contributed by atoms with Crippen LogP contribution in [-0.2, 0) is 6.61 Å². The Balaban J connectivity index is 2.31. The molecule has 0 aliphatic heterocycles. The Kier molecular flexibility index (Phi) is 4.07. The number of aliphatic hydroxyl groups is 1. The summed E-state index contributed by atoms with van der Waals surface area (Å²) in [5.41, 5.74) is 1.41. The molecule has 1 aromatic carbocycles. The number of nitrogens with zero attached hydrogens (tertiary/aromatic N) is 1. The molecule has 0 atom stereocenters. The molecule has 0 amide bonds. The first-order valence-electron chi connectivity index (χ1n) is 5.30. The molecule has 2 aromatic rings. The average Bonchev–Trinajstić information content (AvgIpc) is 2.36. The largest absolute Gasteiger partial charge is 0.437 e. The van der Waals surface area contributed by atoms with Gasteiger partial charge in [0.25, 0.3) is 0 Å². The minimum atomic E-state index is -0.239. The first-order chi connectivity index (χ1) is 8.60. The Morgan fingerprint density at radius 1 is 1.17 bits per heavy atom. The molecule has 0 bridgehead atoms. The molecule has 3 nitrogen and oxygen atoms in total. The third-order valence-electron chi connectivity index (χ3n) is 2.34. The first kappa shape index (κ1) is 13.1. The van der Waals surface area contributed by atoms with E-state index in [1.807, 2.05) is 19.1 Å². The van der Waals surface area contributed by atoms with Crippen molar-refractivity contribution < 1.29 is 9.84 Å². The summed E-state index contributed by atoms with van der Waals surface area (Å²) < 4.78 is 5.57. The molecule has 0 spiro atoms. The van der Waals surface area contributed by atoms with Crippen LogP contribution in [0.1, 0.15) is 11.3 Å². The van der Waals surface area contributed by atoms with Crippen molar-refractivity contribution in [3.05, 3.63) is 51.6 Å². The quantitative estimate of drug-likeness (QED) is 0.926. The summed E-state index contributed by atoms with van der Waals surface area (Å²) >= 11 is 11.9. The van der Waals surface area contributed by atoms with Gasteiger partial charge in [0.05, 0.1) is 22.3 Å². The van der Waals surface area contributed by atoms with Crippen LogP contribution in [0.15, 0.2) is 30.3 Å². The Hall–Kier alpha value is -1.29. The second-order valence-electron chi connectivity index (χ2n) is 3.77. The highest BCUT2D eigenvalue weighted by Crippen LogP contribution is 2.30. The fraction of sp³-hybridized carbons (Fsp3) is 0.154. The lowest BCUT2D eigenvalue weighted by Crippen LogP contribution is -1.95. The maximum absolute atomic E-state index is 9.08. The lowest BCUT2D eigenvalue weighted by atomic mass is 10.2. The number of hydrogen-bond acceptors (Lipinski definition) is 3. The topological polar surface area (TPSA) is 42.4 Å². The number of ether oxygens (including phenoxy) is 1. The van der Waals surface area contributed by atoms with E-state index in [-0.39, 0.29) is 6.61 Å². The van der Waals surface area contributed by atoms with Gasteiger partial charge < -0.3 is 9.84 Å². The number of halogens is 2. The Morgan fingerprint density at radius 3 is 2.61 bits per heavy atom. The van der Waals surface area contributed by atoms with Gasteiger partial charge in [0, 0.05) is 6.07 Å². The number of aromatic nitrogens is 1. The minimum absolute atomic E-state index is 0.239. The van der Waals surface area contributed by atoms with Crippen LogP contribution >= 0.6 is 23.2 Å². The molecular weight excluding hydrogens is 273 g/mol. The van der Waals surface area contributed by atoms with E-state index in [2.05, 4.69) is 4.98 Å². The molecule has 0 saturated carbocycles. The van der Waals surface area contributed by atoms with Gasteiger partial charge in [0.2, 0.25) is 5.88 Å². The smallest absolute Gasteiger partial charge is 0.219 e. The van der Waals surface area contributed by atoms with Crippen LogP contribution in [0.5, 0.6) is 11.6 Å². The summed E-state index contributed by atoms with van der Waals surface area (Å²) in [5.74, 6) is 0.867. The van der Waals surface area contributed by atoms with E-state index in [0.29, 0.717) is 27.4 Å². The number of aliphatic hydroxyl groups excluding tert-OH is 1. The molecule has 0 aliphatic rings. The second-order valence-corrected chi connectivity index (χ2v) is 4.59. The van der Waals surface area contributed by atoms with Gasteiger partial charge in [0.15, 0.2) is 0 Å². The van der Waals surface area contributed by atoms with E-state index in [0.717, 1.165) is 5.56 Å². The molecule has 0 radical (unpaired) electrons. The highest BCUT2D eigenvalue weighted by molar-refractivity contribution is 6.32. The van der Waals surface area contributed by atoms with Crippen molar-refractivity contribution in [2.24, 2.45) is 0 Å². The van der Waals surface area contributed by atoms with Gasteiger partial charge in [0.1, 0.15) is 5.75 Å². The van der Waals surface area contributed by atoms with Gasteiger partial charge in [-0.3, -0.25) is 0 Å². The number of rotatable bonds is 3. The summed E-state index contributed by atoms with van der Waals surface area (Å²) in [4.78, 5) is 4.09. The molecule has 1 aromatic heterocycles. The van der Waals surface area contributed by atoms with Crippen molar-refractivity contribution in [2.75, 3.05) is 0 Å². The van der Waals surface area contributed by atoms with Crippen LogP contribution in [-0.4, -0.2) is 10.1 Å². The van der Waals surface area contributed by atoms with E-state index >= 15 is 0 Å². The molecule has 18 heavy (non-hydrogen) atoms. The summed E-state index contributed by atoms with van der Waals surface area (Å²) in [5, 5.41) is 9.98. The molecule has 1 heterocycles. The molecule has 2 rings (SSSR count). The first-order valence-corrected chi connectivity index (χ1v) is 6.06. The zero-order valence-electron chi connectivity index (χ0n) is 9.65. The zero-order valence-corrected chi connectivity index (χ0v) is 11.2. The predicted octanol–water partition coefficient (Wildman–Crippen LogP) is 3.98. The fourth-order valence-corrected chi connectivity index (χ4v) is 1.75. The third kappa shape index (κ3) is 2.93. The molecule has 0 fully saturated rings. The molecular formula is C13H11Cl2NO2. The van der Waals surface area contributed by atoms with Crippen LogP contribution < -0.4 is 4.74 Å². The van der Waals surface area contributed by atoms with Crippen molar-refractivity contribution in [2.45, 2.75) is 13.5 Å². The van der Waals surface area contributed by atoms with E-state index in [1.165, 1.54) is 0 Å². The highest BCUT2D eigenvalue weighted by atomic mass is 35.5. The van der Waals surface area contributed by atoms with Crippen LogP contribution in [0.25, 0.3) is 0 Å². The summed E-state index contributed by atoms with van der Waals surface area (Å²) in [6, 6.07) is 8.72. The monoisotopic (exact) mass is 283 g/mol. The molecule has 1 N–H and O–H groups in total. The number of hydrogen-bond donors (Lipinski definition) is 1. The minimum Gasteiger partial charge on any atom is -0.437 e. The van der Waals surface area contributed by atoms with Gasteiger partial charge >= 0.3 is 0 Å². The fourth-order valence-electron chi connectivity index (χ4n) is 1.43. The normalized spacial score (nSPS) is 10.4. The molecule has 0 saturated heterocycles. The van der Waals surface area contributed by atoms with Crippen molar-refractivity contribution in [1.29, 1.82) is 0 Å². The summed E-state index contributed by atoms with van der Waals surface area (Å²) in [7, 11) is 0. The lowest BCUT2D eigenvalue weighted by Gasteiger charge is -2.09. The van der Waals surface area contributed by atoms with Gasteiger partial charge in [-0.1, -0.05) is 29.3 Å². The Morgan fingerprint density at radius 2 is 1.89 bits per heavy atom. The van der Waals surface area contributed by atoms with Crippen molar-refractivity contribution in [3.63, 3.8) is 0 Å². The number of pyridine rings is 1. The van der Waals surface area contributed by atoms with E-state index < -0.39 is 0 Å². The number of aryl methyl sites for hydroxylation is 1. The van der Waals surface area contributed by atoms with E-state index in [4.69, 9.17) is 33.0 Å². The summed E-state index contributed by atoms with van der Waals surface area (Å²) in [6.45, 7) is 1.70. The molecule has 0 aliphatic carbocycles. The van der Waals surface area contributed by atoms with Gasteiger partial charge in [-0.25, -0.2) is 4.98 Å². The SMILES string of the molecule is Cc1ccc(Cl)c(Oc2ccc(Cl)c(CO)n2)c1. The zero-order chi connectivity index (χ0) is 13.1. The summed E-state index contributed by atoms with van der Waals surface area (Å²) in [6.07, 6.45) is 0. The Labute approximate surface area is 115 Å². The molecule has 5 heteroatoms. The highest BCUT2D eigenvalue weighted by Gasteiger charge is 2.07. The maximum atomic E-state index is 9.08. The van der Waals surface area contributed by atoms with Gasteiger partial charge in [-0.15, -0.1) is 0 Å². The van der Waals surface area contributed by atoms with Crippen molar-refractivity contribution in [3.8, 4) is 11.6 Å². The maximum Gasteiger partial charge on any atom is 0.219 e. The predicted molar refractivity (Wildman–Crippen MR) is 71.4 cm³/mol. The molecule has 0 unspecified atom stereocenters. The lowest BCUT2D eigenvalue weighted by molar-refractivity contribution is 0.275. The van der Waals surface area contributed by atoms with Crippen molar-refractivity contribution in [1.82, 2.24) is 4.98 Å². The number of benzene rings is 1. The van der Waals surface area contributed by atoms with E-state index in [9.17, 15) is 0 Å². The van der Waals surface area contributed by atoms with Crippen LogP contribution in [0.4, 0.5) is 0 Å². The van der Waals surface area contributed by atoms with E-state index in [1.54, 1.807) is 18.2 Å². The molecule has 94 valence electrons. The third-order valence-corrected chi connectivity index (χ3v) is 3.00. The van der Waals surface area contributed by atoms with Crippen LogP contribution in [0.2, 0.25) is 10.0 Å². The van der Waals surface area contributed by atoms with Crippen LogP contribution in [0.3, 0.4) is 0 Å². The van der Waals surface area contributed by atoms with Gasteiger partial charge in [-0.2, -0.15) is 0 Å². The van der Waals surface area contributed by atoms with Crippen molar-refractivity contribution >= 4 is 23.2 Å².